The fourth-order valence-corrected chi connectivity index (χ4v) is 1.98. The van der Waals surface area contributed by atoms with Crippen molar-refractivity contribution in [1.29, 1.82) is 0 Å². The summed E-state index contributed by atoms with van der Waals surface area (Å²) in [5, 5.41) is 0. The minimum atomic E-state index is 0.601. The average molecular weight is 257 g/mol. The Balaban J connectivity index is 2.20. The Kier molecular flexibility index (Phi) is 3.80. The van der Waals surface area contributed by atoms with Crippen molar-refractivity contribution in [1.82, 2.24) is 0 Å². The summed E-state index contributed by atoms with van der Waals surface area (Å²) in [4.78, 5) is 2.10. The molecule has 0 amide bonds. The molecule has 0 radical (unpaired) electrons. The van der Waals surface area contributed by atoms with Crippen molar-refractivity contribution < 1.29 is 4.74 Å². The van der Waals surface area contributed by atoms with E-state index in [1.165, 1.54) is 0 Å². The third-order valence-electron chi connectivity index (χ3n) is 3.11. The van der Waals surface area contributed by atoms with E-state index in [9.17, 15) is 0 Å². The first-order chi connectivity index (χ1) is 9.11. The molecular formula is C15H19N3O. The Morgan fingerprint density at radius 3 is 2.47 bits per heavy atom. The molecule has 100 valence electrons. The molecule has 0 aliphatic heterocycles. The van der Waals surface area contributed by atoms with E-state index >= 15 is 0 Å². The van der Waals surface area contributed by atoms with Gasteiger partial charge >= 0.3 is 0 Å². The predicted molar refractivity (Wildman–Crippen MR) is 80.4 cm³/mol. The Labute approximate surface area is 113 Å². The number of para-hydroxylation sites is 1. The Morgan fingerprint density at radius 1 is 1.05 bits per heavy atom. The van der Waals surface area contributed by atoms with Crippen LogP contribution in [0.15, 0.2) is 42.5 Å². The van der Waals surface area contributed by atoms with E-state index in [0.29, 0.717) is 11.4 Å². The van der Waals surface area contributed by atoms with Crippen molar-refractivity contribution in [2.75, 3.05) is 30.5 Å². The molecule has 4 N–H and O–H groups in total. The van der Waals surface area contributed by atoms with E-state index in [2.05, 4.69) is 11.0 Å². The van der Waals surface area contributed by atoms with Crippen LogP contribution in [0, 0.1) is 0 Å². The van der Waals surface area contributed by atoms with E-state index in [1.807, 2.05) is 43.4 Å². The van der Waals surface area contributed by atoms with Gasteiger partial charge < -0.3 is 21.1 Å². The van der Waals surface area contributed by atoms with Crippen molar-refractivity contribution in [3.05, 3.63) is 48.0 Å². The SMILES string of the molecule is COc1ccccc1CN(C)c1ccc(N)c(N)c1. The van der Waals surface area contributed by atoms with Gasteiger partial charge in [0.1, 0.15) is 5.75 Å². The van der Waals surface area contributed by atoms with Gasteiger partial charge in [-0.15, -0.1) is 0 Å². The Bertz CT molecular complexity index is 569. The lowest BCUT2D eigenvalue weighted by Crippen LogP contribution is -2.17. The largest absolute Gasteiger partial charge is 0.496 e. The molecule has 4 heteroatoms. The van der Waals surface area contributed by atoms with Crippen LogP contribution < -0.4 is 21.1 Å². The van der Waals surface area contributed by atoms with Crippen LogP contribution >= 0.6 is 0 Å². The van der Waals surface area contributed by atoms with E-state index in [-0.39, 0.29) is 0 Å². The Hall–Kier alpha value is -2.36. The van der Waals surface area contributed by atoms with Gasteiger partial charge in [-0.2, -0.15) is 0 Å². The fourth-order valence-electron chi connectivity index (χ4n) is 1.98. The first-order valence-corrected chi connectivity index (χ1v) is 6.10. The second-order valence-corrected chi connectivity index (χ2v) is 4.48. The average Bonchev–Trinajstić information content (AvgIpc) is 2.42. The van der Waals surface area contributed by atoms with Crippen molar-refractivity contribution in [3.8, 4) is 5.75 Å². The second-order valence-electron chi connectivity index (χ2n) is 4.48. The lowest BCUT2D eigenvalue weighted by Gasteiger charge is -2.21. The third-order valence-corrected chi connectivity index (χ3v) is 3.11. The van der Waals surface area contributed by atoms with E-state index in [1.54, 1.807) is 7.11 Å². The zero-order valence-electron chi connectivity index (χ0n) is 11.3. The van der Waals surface area contributed by atoms with Gasteiger partial charge in [0, 0.05) is 24.8 Å². The molecule has 0 unspecified atom stereocenters. The van der Waals surface area contributed by atoms with Crippen LogP contribution in [0.3, 0.4) is 0 Å². The lowest BCUT2D eigenvalue weighted by atomic mass is 10.1. The maximum absolute atomic E-state index is 5.83. The maximum Gasteiger partial charge on any atom is 0.123 e. The second kappa shape index (κ2) is 5.52. The topological polar surface area (TPSA) is 64.5 Å². The number of anilines is 3. The summed E-state index contributed by atoms with van der Waals surface area (Å²) in [6, 6.07) is 13.6. The van der Waals surface area contributed by atoms with Crippen molar-refractivity contribution in [3.63, 3.8) is 0 Å². The molecule has 0 aliphatic rings. The standard InChI is InChI=1S/C15H19N3O/c1-18(12-7-8-13(16)14(17)9-12)10-11-5-3-4-6-15(11)19-2/h3-9H,10,16-17H2,1-2H3. The highest BCUT2D eigenvalue weighted by Crippen LogP contribution is 2.25. The molecule has 0 atom stereocenters. The number of rotatable bonds is 4. The first kappa shape index (κ1) is 13.1. The van der Waals surface area contributed by atoms with Gasteiger partial charge in [0.15, 0.2) is 0 Å². The van der Waals surface area contributed by atoms with Crippen LogP contribution in [0.4, 0.5) is 17.1 Å². The molecule has 0 saturated heterocycles. The quantitative estimate of drug-likeness (QED) is 0.826. The van der Waals surface area contributed by atoms with Crippen LogP contribution in [0.1, 0.15) is 5.56 Å². The number of nitrogens with zero attached hydrogens (tertiary/aromatic N) is 1. The smallest absolute Gasteiger partial charge is 0.123 e. The molecule has 19 heavy (non-hydrogen) atoms. The number of methoxy groups -OCH3 is 1. The maximum atomic E-state index is 5.83. The molecule has 0 aromatic heterocycles. The van der Waals surface area contributed by atoms with Gasteiger partial charge in [0.25, 0.3) is 0 Å². The molecule has 2 rings (SSSR count). The predicted octanol–water partition coefficient (Wildman–Crippen LogP) is 2.50. The van der Waals surface area contributed by atoms with Crippen LogP contribution in [-0.4, -0.2) is 14.2 Å². The molecule has 0 saturated carbocycles. The van der Waals surface area contributed by atoms with Gasteiger partial charge in [-0.25, -0.2) is 0 Å². The number of hydrogen-bond donors (Lipinski definition) is 2. The number of ether oxygens (including phenoxy) is 1. The summed E-state index contributed by atoms with van der Waals surface area (Å²) in [7, 11) is 3.69. The summed E-state index contributed by atoms with van der Waals surface area (Å²) in [6.07, 6.45) is 0. The molecule has 0 heterocycles. The van der Waals surface area contributed by atoms with Gasteiger partial charge in [0.05, 0.1) is 18.5 Å². The van der Waals surface area contributed by atoms with E-state index in [4.69, 9.17) is 16.2 Å². The third kappa shape index (κ3) is 2.91. The molecular weight excluding hydrogens is 238 g/mol. The molecule has 0 aliphatic carbocycles. The summed E-state index contributed by atoms with van der Waals surface area (Å²) < 4.78 is 5.35. The van der Waals surface area contributed by atoms with Gasteiger partial charge in [-0.1, -0.05) is 18.2 Å². The summed E-state index contributed by atoms with van der Waals surface area (Å²) in [5.74, 6) is 0.887. The van der Waals surface area contributed by atoms with Crippen molar-refractivity contribution >= 4 is 17.1 Å². The zero-order valence-corrected chi connectivity index (χ0v) is 11.3. The van der Waals surface area contributed by atoms with Crippen LogP contribution in [0.5, 0.6) is 5.75 Å². The normalized spacial score (nSPS) is 10.2. The number of hydrogen-bond acceptors (Lipinski definition) is 4. The first-order valence-electron chi connectivity index (χ1n) is 6.10. The van der Waals surface area contributed by atoms with Crippen LogP contribution in [0.25, 0.3) is 0 Å². The molecule has 0 bridgehead atoms. The van der Waals surface area contributed by atoms with Gasteiger partial charge in [-0.3, -0.25) is 0 Å². The molecule has 2 aromatic rings. The highest BCUT2D eigenvalue weighted by molar-refractivity contribution is 5.69. The monoisotopic (exact) mass is 257 g/mol. The van der Waals surface area contributed by atoms with Gasteiger partial charge in [0.2, 0.25) is 0 Å². The minimum absolute atomic E-state index is 0.601. The molecule has 0 spiro atoms. The summed E-state index contributed by atoms with van der Waals surface area (Å²) in [6.45, 7) is 0.743. The molecule has 2 aromatic carbocycles. The Morgan fingerprint density at radius 2 is 1.79 bits per heavy atom. The summed E-state index contributed by atoms with van der Waals surface area (Å²) in [5.41, 5.74) is 14.9. The minimum Gasteiger partial charge on any atom is -0.496 e. The van der Waals surface area contributed by atoms with Gasteiger partial charge in [-0.05, 0) is 24.3 Å². The van der Waals surface area contributed by atoms with Crippen LogP contribution in [-0.2, 0) is 6.54 Å². The molecule has 4 nitrogen and oxygen atoms in total. The zero-order chi connectivity index (χ0) is 13.8. The van der Waals surface area contributed by atoms with Crippen molar-refractivity contribution in [2.24, 2.45) is 0 Å². The molecule has 0 fully saturated rings. The highest BCUT2D eigenvalue weighted by atomic mass is 16.5. The number of benzene rings is 2. The number of nitrogens with two attached hydrogens (primary N) is 2. The van der Waals surface area contributed by atoms with Crippen molar-refractivity contribution in [2.45, 2.75) is 6.54 Å². The lowest BCUT2D eigenvalue weighted by molar-refractivity contribution is 0.409. The van der Waals surface area contributed by atoms with E-state index < -0.39 is 0 Å². The van der Waals surface area contributed by atoms with Crippen LogP contribution in [0.2, 0.25) is 0 Å². The van der Waals surface area contributed by atoms with E-state index in [0.717, 1.165) is 23.5 Å². The number of nitrogen functional groups attached to an aromatic ring is 2. The fraction of sp³-hybridized carbons (Fsp3) is 0.200. The summed E-state index contributed by atoms with van der Waals surface area (Å²) >= 11 is 0. The highest BCUT2D eigenvalue weighted by Gasteiger charge is 2.07.